The van der Waals surface area contributed by atoms with Gasteiger partial charge in [0, 0.05) is 26.2 Å². The van der Waals surface area contributed by atoms with Crippen LogP contribution in [0.2, 0.25) is 0 Å². The highest BCUT2D eigenvalue weighted by atomic mass is 16.5. The molecule has 2 aliphatic heterocycles. The number of carbonyl (C=O) groups excluding carboxylic acids is 1. The Bertz CT molecular complexity index is 1180. The van der Waals surface area contributed by atoms with E-state index in [1.54, 1.807) is 23.1 Å². The molecule has 1 saturated heterocycles. The number of para-hydroxylation sites is 1. The van der Waals surface area contributed by atoms with Crippen LogP contribution < -0.4 is 10.2 Å². The van der Waals surface area contributed by atoms with E-state index in [0.717, 1.165) is 24.4 Å². The molecule has 1 aromatic heterocycles. The van der Waals surface area contributed by atoms with Crippen LogP contribution in [0.1, 0.15) is 34.6 Å². The van der Waals surface area contributed by atoms with E-state index in [0.29, 0.717) is 49.4 Å². The molecule has 166 valence electrons. The minimum atomic E-state index is -0.491. The molecule has 2 aromatic carbocycles. The maximum absolute atomic E-state index is 13.5. The average Bonchev–Trinajstić information content (AvgIpc) is 3.11. The first kappa shape index (κ1) is 20.7. The summed E-state index contributed by atoms with van der Waals surface area (Å²) in [4.78, 5) is 31.0. The first-order valence-corrected chi connectivity index (χ1v) is 11.1. The molecule has 2 aliphatic rings. The molecule has 0 bridgehead atoms. The molecular weight excluding hydrogens is 408 g/mol. The number of benzene rings is 2. The summed E-state index contributed by atoms with van der Waals surface area (Å²) in [5.41, 5.74) is 1.57. The predicted molar refractivity (Wildman–Crippen MR) is 120 cm³/mol. The van der Waals surface area contributed by atoms with Gasteiger partial charge < -0.3 is 18.8 Å². The van der Waals surface area contributed by atoms with E-state index in [1.165, 1.54) is 0 Å². The molecule has 0 aliphatic carbocycles. The lowest BCUT2D eigenvalue weighted by Crippen LogP contribution is -2.42. The highest BCUT2D eigenvalue weighted by Crippen LogP contribution is 2.38. The van der Waals surface area contributed by atoms with Gasteiger partial charge in [-0.15, -0.1) is 0 Å². The van der Waals surface area contributed by atoms with E-state index >= 15 is 0 Å². The second kappa shape index (κ2) is 8.76. The minimum Gasteiger partial charge on any atom is -0.494 e. The van der Waals surface area contributed by atoms with E-state index in [4.69, 9.17) is 13.9 Å². The van der Waals surface area contributed by atoms with Crippen molar-refractivity contribution in [3.63, 3.8) is 0 Å². The van der Waals surface area contributed by atoms with Crippen LogP contribution in [-0.4, -0.2) is 61.7 Å². The van der Waals surface area contributed by atoms with Crippen LogP contribution in [0.3, 0.4) is 0 Å². The topological polar surface area (TPSA) is 72.2 Å². The van der Waals surface area contributed by atoms with Crippen LogP contribution in [0, 0.1) is 0 Å². The minimum absolute atomic E-state index is 0.148. The van der Waals surface area contributed by atoms with Crippen molar-refractivity contribution in [1.82, 2.24) is 9.80 Å². The Morgan fingerprint density at radius 1 is 1.00 bits per heavy atom. The van der Waals surface area contributed by atoms with Crippen molar-refractivity contribution in [3.8, 4) is 5.75 Å². The van der Waals surface area contributed by atoms with Gasteiger partial charge in [-0.2, -0.15) is 0 Å². The number of ether oxygens (including phenoxy) is 2. The quantitative estimate of drug-likeness (QED) is 0.594. The smallest absolute Gasteiger partial charge is 0.290 e. The van der Waals surface area contributed by atoms with Gasteiger partial charge >= 0.3 is 0 Å². The number of nitrogens with zero attached hydrogens (tertiary/aromatic N) is 2. The van der Waals surface area contributed by atoms with Gasteiger partial charge in [0.1, 0.15) is 11.3 Å². The van der Waals surface area contributed by atoms with Gasteiger partial charge in [-0.3, -0.25) is 14.5 Å². The molecule has 3 aromatic rings. The van der Waals surface area contributed by atoms with Crippen LogP contribution in [0.25, 0.3) is 11.0 Å². The summed E-state index contributed by atoms with van der Waals surface area (Å²) in [6.45, 7) is 6.78. The fourth-order valence-electron chi connectivity index (χ4n) is 4.53. The molecule has 7 nitrogen and oxygen atoms in total. The molecule has 1 fully saturated rings. The molecular formula is C25H26N2O5. The highest BCUT2D eigenvalue weighted by molar-refractivity contribution is 5.99. The van der Waals surface area contributed by atoms with Crippen molar-refractivity contribution < 1.29 is 18.7 Å². The molecule has 7 heteroatoms. The zero-order valence-corrected chi connectivity index (χ0v) is 18.1. The van der Waals surface area contributed by atoms with Gasteiger partial charge in [0.25, 0.3) is 5.91 Å². The Morgan fingerprint density at radius 3 is 2.50 bits per heavy atom. The zero-order valence-electron chi connectivity index (χ0n) is 18.1. The van der Waals surface area contributed by atoms with Crippen LogP contribution in [-0.2, 0) is 4.74 Å². The Hall–Kier alpha value is -3.16. The van der Waals surface area contributed by atoms with Crippen molar-refractivity contribution in [2.45, 2.75) is 13.0 Å². The van der Waals surface area contributed by atoms with Crippen molar-refractivity contribution >= 4 is 16.9 Å². The second-order valence-corrected chi connectivity index (χ2v) is 8.03. The average molecular weight is 434 g/mol. The fourth-order valence-corrected chi connectivity index (χ4v) is 4.53. The Kier molecular flexibility index (Phi) is 5.68. The van der Waals surface area contributed by atoms with E-state index in [1.807, 2.05) is 37.3 Å². The number of hydrogen-bond donors (Lipinski definition) is 0. The normalized spacial score (nSPS) is 18.8. The monoisotopic (exact) mass is 434 g/mol. The predicted octanol–water partition coefficient (Wildman–Crippen LogP) is 3.07. The summed E-state index contributed by atoms with van der Waals surface area (Å²) in [7, 11) is 0. The molecule has 3 heterocycles. The molecule has 5 rings (SSSR count). The third kappa shape index (κ3) is 3.67. The summed E-state index contributed by atoms with van der Waals surface area (Å²) in [5.74, 6) is 0.663. The fraction of sp³-hybridized carbons (Fsp3) is 0.360. The lowest BCUT2D eigenvalue weighted by atomic mass is 9.98. The third-order valence-electron chi connectivity index (χ3n) is 6.14. The first-order valence-electron chi connectivity index (χ1n) is 11.1. The molecule has 32 heavy (non-hydrogen) atoms. The third-order valence-corrected chi connectivity index (χ3v) is 6.14. The van der Waals surface area contributed by atoms with E-state index in [2.05, 4.69) is 4.90 Å². The zero-order chi connectivity index (χ0) is 22.1. The number of carbonyl (C=O) groups is 1. The molecule has 0 saturated carbocycles. The number of amides is 1. The SMILES string of the molecule is CCOc1ccc([C@@H]2c3c(oc4ccccc4c3=O)C(=O)N2CCN2CCOCC2)cc1. The van der Waals surface area contributed by atoms with E-state index in [-0.39, 0.29) is 17.1 Å². The van der Waals surface area contributed by atoms with Gasteiger partial charge in [-0.05, 0) is 36.8 Å². The highest BCUT2D eigenvalue weighted by Gasteiger charge is 2.42. The number of morpholine rings is 1. The van der Waals surface area contributed by atoms with Gasteiger partial charge in [0.2, 0.25) is 5.76 Å². The molecule has 0 spiro atoms. The first-order chi connectivity index (χ1) is 15.7. The lowest BCUT2D eigenvalue weighted by Gasteiger charge is -2.31. The van der Waals surface area contributed by atoms with Crippen LogP contribution in [0.15, 0.2) is 57.7 Å². The van der Waals surface area contributed by atoms with Crippen LogP contribution in [0.4, 0.5) is 0 Å². The Balaban J connectivity index is 1.56. The van der Waals surface area contributed by atoms with E-state index in [9.17, 15) is 9.59 Å². The van der Waals surface area contributed by atoms with Crippen molar-refractivity contribution in [2.75, 3.05) is 46.0 Å². The molecule has 0 radical (unpaired) electrons. The van der Waals surface area contributed by atoms with Crippen molar-refractivity contribution in [3.05, 3.63) is 75.6 Å². The Morgan fingerprint density at radius 2 is 1.75 bits per heavy atom. The maximum atomic E-state index is 13.5. The lowest BCUT2D eigenvalue weighted by molar-refractivity contribution is 0.0314. The summed E-state index contributed by atoms with van der Waals surface area (Å²) >= 11 is 0. The summed E-state index contributed by atoms with van der Waals surface area (Å²) < 4.78 is 17.0. The summed E-state index contributed by atoms with van der Waals surface area (Å²) in [5, 5.41) is 0.491. The standard InChI is InChI=1S/C25H26N2O5/c1-2-31-18-9-7-17(8-10-18)22-21-23(28)19-5-3-4-6-20(19)32-24(21)25(29)27(22)12-11-26-13-15-30-16-14-26/h3-10,22H,2,11-16H2,1H3/t22-/m1/s1. The van der Waals surface area contributed by atoms with Crippen molar-refractivity contribution in [2.24, 2.45) is 0 Å². The van der Waals surface area contributed by atoms with Crippen molar-refractivity contribution in [1.29, 1.82) is 0 Å². The summed E-state index contributed by atoms with van der Waals surface area (Å²) in [6, 6.07) is 14.2. The molecule has 0 unspecified atom stereocenters. The molecule has 1 atom stereocenters. The summed E-state index contributed by atoms with van der Waals surface area (Å²) in [6.07, 6.45) is 0. The van der Waals surface area contributed by atoms with Crippen LogP contribution in [0.5, 0.6) is 5.75 Å². The second-order valence-electron chi connectivity index (χ2n) is 8.03. The van der Waals surface area contributed by atoms with Gasteiger partial charge in [-0.25, -0.2) is 0 Å². The number of hydrogen-bond acceptors (Lipinski definition) is 6. The molecule has 0 N–H and O–H groups in total. The van der Waals surface area contributed by atoms with Gasteiger partial charge in [-0.1, -0.05) is 24.3 Å². The maximum Gasteiger partial charge on any atom is 0.290 e. The van der Waals surface area contributed by atoms with Gasteiger partial charge in [0.05, 0.1) is 36.8 Å². The van der Waals surface area contributed by atoms with E-state index < -0.39 is 6.04 Å². The Labute approximate surface area is 186 Å². The van der Waals surface area contributed by atoms with Crippen LogP contribution >= 0.6 is 0 Å². The van der Waals surface area contributed by atoms with Gasteiger partial charge in [0.15, 0.2) is 5.43 Å². The number of rotatable bonds is 6. The molecule has 1 amide bonds. The largest absolute Gasteiger partial charge is 0.494 e. The number of fused-ring (bicyclic) bond motifs is 2.